The van der Waals surface area contributed by atoms with Crippen molar-refractivity contribution in [1.29, 1.82) is 0 Å². The lowest BCUT2D eigenvalue weighted by Gasteiger charge is -2.27. The Labute approximate surface area is 122 Å². The van der Waals surface area contributed by atoms with Crippen LogP contribution in [0.5, 0.6) is 0 Å². The monoisotopic (exact) mass is 289 g/mol. The van der Waals surface area contributed by atoms with Gasteiger partial charge in [-0.2, -0.15) is 13.2 Å². The molecule has 0 spiro atoms. The normalized spacial score (nSPS) is 21.4. The number of halogens is 3. The summed E-state index contributed by atoms with van der Waals surface area (Å²) < 4.78 is 38.8. The van der Waals surface area contributed by atoms with E-state index in [1.807, 2.05) is 39.2 Å². The van der Waals surface area contributed by atoms with Gasteiger partial charge < -0.3 is 4.81 Å². The summed E-state index contributed by atoms with van der Waals surface area (Å²) in [7, 11) is 1.97. The fourth-order valence-corrected chi connectivity index (χ4v) is 3.20. The highest BCUT2D eigenvalue weighted by Crippen LogP contribution is 2.44. The third kappa shape index (κ3) is 2.21. The van der Waals surface area contributed by atoms with E-state index in [1.54, 1.807) is 6.07 Å². The van der Waals surface area contributed by atoms with Crippen molar-refractivity contribution in [3.05, 3.63) is 65.2 Å². The Balaban J connectivity index is 2.13. The summed E-state index contributed by atoms with van der Waals surface area (Å²) in [5.74, 6) is 0. The SMILES string of the molecule is BN1CC(C)(c2cccc(C(F)(F)F)c2)c2ccccc21. The van der Waals surface area contributed by atoms with Crippen molar-refractivity contribution in [3.63, 3.8) is 0 Å². The molecule has 1 aliphatic rings. The van der Waals surface area contributed by atoms with E-state index in [0.29, 0.717) is 12.1 Å². The van der Waals surface area contributed by atoms with Crippen molar-refractivity contribution in [1.82, 2.24) is 0 Å². The molecule has 108 valence electrons. The first-order valence-corrected chi connectivity index (χ1v) is 6.81. The van der Waals surface area contributed by atoms with E-state index in [9.17, 15) is 13.2 Å². The van der Waals surface area contributed by atoms with Crippen LogP contribution in [0.4, 0.5) is 18.9 Å². The minimum Gasteiger partial charge on any atom is -0.420 e. The molecule has 1 aliphatic heterocycles. The van der Waals surface area contributed by atoms with Crippen molar-refractivity contribution in [2.75, 3.05) is 11.4 Å². The fourth-order valence-electron chi connectivity index (χ4n) is 3.20. The molecule has 3 rings (SSSR count). The molecule has 2 aromatic rings. The quantitative estimate of drug-likeness (QED) is 0.727. The van der Waals surface area contributed by atoms with Crippen LogP contribution in [0.2, 0.25) is 0 Å². The van der Waals surface area contributed by atoms with Gasteiger partial charge in [-0.15, -0.1) is 0 Å². The predicted octanol–water partition coefficient (Wildman–Crippen LogP) is 3.38. The first-order chi connectivity index (χ1) is 9.82. The predicted molar refractivity (Wildman–Crippen MR) is 80.2 cm³/mol. The van der Waals surface area contributed by atoms with Crippen LogP contribution < -0.4 is 4.81 Å². The Kier molecular flexibility index (Phi) is 3.04. The first-order valence-electron chi connectivity index (χ1n) is 6.81. The molecular formula is C16H15BF3N. The van der Waals surface area contributed by atoms with Crippen LogP contribution >= 0.6 is 0 Å². The summed E-state index contributed by atoms with van der Waals surface area (Å²) in [6.07, 6.45) is -4.31. The van der Waals surface area contributed by atoms with Crippen LogP contribution in [-0.4, -0.2) is 14.5 Å². The molecule has 2 aromatic carbocycles. The second-order valence-electron chi connectivity index (χ2n) is 5.78. The van der Waals surface area contributed by atoms with Gasteiger partial charge in [-0.25, -0.2) is 0 Å². The molecule has 1 unspecified atom stereocenters. The van der Waals surface area contributed by atoms with Crippen LogP contribution in [-0.2, 0) is 11.6 Å². The Hall–Kier alpha value is -1.91. The number of fused-ring (bicyclic) bond motifs is 1. The zero-order chi connectivity index (χ0) is 15.3. The van der Waals surface area contributed by atoms with Gasteiger partial charge in [0, 0.05) is 17.6 Å². The molecule has 1 nitrogen and oxygen atoms in total. The van der Waals surface area contributed by atoms with Gasteiger partial charge in [-0.3, -0.25) is 0 Å². The van der Waals surface area contributed by atoms with Gasteiger partial charge in [-0.1, -0.05) is 36.4 Å². The van der Waals surface area contributed by atoms with E-state index < -0.39 is 17.2 Å². The summed E-state index contributed by atoms with van der Waals surface area (Å²) in [6, 6.07) is 13.6. The molecule has 0 radical (unpaired) electrons. The summed E-state index contributed by atoms with van der Waals surface area (Å²) in [5.41, 5.74) is 1.85. The molecular weight excluding hydrogens is 274 g/mol. The Morgan fingerprint density at radius 3 is 2.52 bits per heavy atom. The van der Waals surface area contributed by atoms with Gasteiger partial charge >= 0.3 is 6.18 Å². The Morgan fingerprint density at radius 2 is 1.81 bits per heavy atom. The Morgan fingerprint density at radius 1 is 1.10 bits per heavy atom. The van der Waals surface area contributed by atoms with Gasteiger partial charge in [0.25, 0.3) is 0 Å². The average molecular weight is 289 g/mol. The van der Waals surface area contributed by atoms with Gasteiger partial charge in [0.05, 0.1) is 5.56 Å². The lowest BCUT2D eigenvalue weighted by Crippen LogP contribution is -2.30. The summed E-state index contributed by atoms with van der Waals surface area (Å²) in [4.78, 5) is 2.09. The van der Waals surface area contributed by atoms with Gasteiger partial charge in [0.15, 0.2) is 0 Å². The van der Waals surface area contributed by atoms with Crippen molar-refractivity contribution < 1.29 is 13.2 Å². The van der Waals surface area contributed by atoms with E-state index in [-0.39, 0.29) is 0 Å². The molecule has 0 saturated heterocycles. The standard InChI is InChI=1S/C16H15BF3N/c1-15(10-21(17)14-8-3-2-7-13(14)15)11-5-4-6-12(9-11)16(18,19)20/h2-9H,10,17H2,1H3. The summed E-state index contributed by atoms with van der Waals surface area (Å²) >= 11 is 0. The molecule has 0 fully saturated rings. The van der Waals surface area contributed by atoms with Crippen LogP contribution in [0.3, 0.4) is 0 Å². The van der Waals surface area contributed by atoms with Gasteiger partial charge in [0.1, 0.15) is 0 Å². The molecule has 0 N–H and O–H groups in total. The minimum atomic E-state index is -4.31. The number of anilines is 1. The number of hydrogen-bond donors (Lipinski definition) is 0. The van der Waals surface area contributed by atoms with Crippen molar-refractivity contribution >= 4 is 13.7 Å². The first kappa shape index (κ1) is 14.0. The lowest BCUT2D eigenvalue weighted by molar-refractivity contribution is -0.137. The number of alkyl halides is 3. The third-order valence-corrected chi connectivity index (χ3v) is 4.29. The smallest absolute Gasteiger partial charge is 0.416 e. The molecule has 0 bridgehead atoms. The number of para-hydroxylation sites is 1. The van der Waals surface area contributed by atoms with Crippen LogP contribution in [0.15, 0.2) is 48.5 Å². The maximum Gasteiger partial charge on any atom is 0.416 e. The number of hydrogen-bond acceptors (Lipinski definition) is 1. The Bertz CT molecular complexity index is 683. The van der Waals surface area contributed by atoms with Crippen molar-refractivity contribution in [3.8, 4) is 0 Å². The summed E-state index contributed by atoms with van der Waals surface area (Å²) in [6.45, 7) is 2.68. The van der Waals surface area contributed by atoms with Crippen molar-refractivity contribution in [2.24, 2.45) is 0 Å². The molecule has 5 heteroatoms. The highest BCUT2D eigenvalue weighted by atomic mass is 19.4. The van der Waals surface area contributed by atoms with Crippen LogP contribution in [0.25, 0.3) is 0 Å². The maximum atomic E-state index is 12.9. The summed E-state index contributed by atoms with van der Waals surface area (Å²) in [5, 5.41) is 0. The molecule has 1 heterocycles. The van der Waals surface area contributed by atoms with E-state index >= 15 is 0 Å². The van der Waals surface area contributed by atoms with Crippen LogP contribution in [0, 0.1) is 0 Å². The molecule has 0 aliphatic carbocycles. The number of nitrogens with zero attached hydrogens (tertiary/aromatic N) is 1. The molecule has 21 heavy (non-hydrogen) atoms. The molecule has 0 aromatic heterocycles. The number of rotatable bonds is 1. The van der Waals surface area contributed by atoms with Gasteiger partial charge in [-0.05, 0) is 30.2 Å². The largest absolute Gasteiger partial charge is 0.420 e. The average Bonchev–Trinajstić information content (AvgIpc) is 2.72. The van der Waals surface area contributed by atoms with E-state index in [1.165, 1.54) is 12.1 Å². The van der Waals surface area contributed by atoms with E-state index in [2.05, 4.69) is 4.81 Å². The highest BCUT2D eigenvalue weighted by Gasteiger charge is 2.39. The van der Waals surface area contributed by atoms with Crippen molar-refractivity contribution in [2.45, 2.75) is 18.5 Å². The van der Waals surface area contributed by atoms with E-state index in [4.69, 9.17) is 0 Å². The van der Waals surface area contributed by atoms with Crippen LogP contribution in [0.1, 0.15) is 23.6 Å². The van der Waals surface area contributed by atoms with Gasteiger partial charge in [0.2, 0.25) is 7.98 Å². The highest BCUT2D eigenvalue weighted by molar-refractivity contribution is 6.19. The fraction of sp³-hybridized carbons (Fsp3) is 0.250. The molecule has 0 saturated carbocycles. The number of benzene rings is 2. The maximum absolute atomic E-state index is 12.9. The van der Waals surface area contributed by atoms with E-state index in [0.717, 1.165) is 17.3 Å². The molecule has 1 atom stereocenters. The molecule has 0 amide bonds. The zero-order valence-electron chi connectivity index (χ0n) is 11.9. The lowest BCUT2D eigenvalue weighted by atomic mass is 9.77. The topological polar surface area (TPSA) is 3.24 Å². The minimum absolute atomic E-state index is 0.424. The second-order valence-corrected chi connectivity index (χ2v) is 5.78. The second kappa shape index (κ2) is 4.55. The third-order valence-electron chi connectivity index (χ3n) is 4.29. The zero-order valence-corrected chi connectivity index (χ0v) is 11.9.